The number of rotatable bonds is 3. The van der Waals surface area contributed by atoms with E-state index in [1.54, 1.807) is 18.1 Å². The van der Waals surface area contributed by atoms with E-state index in [1.165, 1.54) is 0 Å². The standard InChI is InChI=1S/C21H17ClN4O3/c1-28-17-8-4-6-13(18(17)22)19-14-11-26(10-9-15(14)23-24-19)21(27)20-12-5-2-3-7-16(12)25-29-20/h2-8H,9-11H2,1H3,(H,23,24). The zero-order chi connectivity index (χ0) is 20.0. The summed E-state index contributed by atoms with van der Waals surface area (Å²) in [5.41, 5.74) is 4.11. The highest BCUT2D eigenvalue weighted by atomic mass is 35.5. The van der Waals surface area contributed by atoms with Crippen molar-refractivity contribution in [2.75, 3.05) is 13.7 Å². The fourth-order valence-corrected chi connectivity index (χ4v) is 4.02. The Labute approximate surface area is 171 Å². The van der Waals surface area contributed by atoms with Crippen molar-refractivity contribution in [3.63, 3.8) is 0 Å². The van der Waals surface area contributed by atoms with Crippen LogP contribution in [0.1, 0.15) is 21.8 Å². The number of amides is 1. The predicted molar refractivity (Wildman–Crippen MR) is 108 cm³/mol. The lowest BCUT2D eigenvalue weighted by Gasteiger charge is -2.26. The van der Waals surface area contributed by atoms with Crippen LogP contribution in [0.5, 0.6) is 5.75 Å². The number of carbonyl (C=O) groups is 1. The largest absolute Gasteiger partial charge is 0.495 e. The van der Waals surface area contributed by atoms with Gasteiger partial charge in [0.2, 0.25) is 5.76 Å². The molecule has 4 aromatic rings. The van der Waals surface area contributed by atoms with Crippen molar-refractivity contribution in [1.82, 2.24) is 20.3 Å². The van der Waals surface area contributed by atoms with E-state index in [9.17, 15) is 4.79 Å². The number of fused-ring (bicyclic) bond motifs is 2. The molecule has 8 heteroatoms. The first-order valence-electron chi connectivity index (χ1n) is 9.20. The molecule has 7 nitrogen and oxygen atoms in total. The minimum atomic E-state index is -0.187. The van der Waals surface area contributed by atoms with Crippen molar-refractivity contribution >= 4 is 28.4 Å². The maximum atomic E-state index is 13.1. The van der Waals surface area contributed by atoms with Crippen LogP contribution in [0.4, 0.5) is 0 Å². The lowest BCUT2D eigenvalue weighted by Crippen LogP contribution is -2.35. The van der Waals surface area contributed by atoms with Crippen LogP contribution in [-0.4, -0.2) is 39.8 Å². The summed E-state index contributed by atoms with van der Waals surface area (Å²) in [6, 6.07) is 13.0. The normalized spacial score (nSPS) is 13.5. The van der Waals surface area contributed by atoms with E-state index in [0.717, 1.165) is 22.5 Å². The molecular weight excluding hydrogens is 392 g/mol. The molecule has 0 bridgehead atoms. The number of H-pyrrole nitrogens is 1. The molecule has 146 valence electrons. The fraction of sp³-hybridized carbons (Fsp3) is 0.190. The molecule has 2 aromatic heterocycles. The summed E-state index contributed by atoms with van der Waals surface area (Å²) in [7, 11) is 1.58. The summed E-state index contributed by atoms with van der Waals surface area (Å²) in [6.45, 7) is 0.969. The van der Waals surface area contributed by atoms with E-state index >= 15 is 0 Å². The number of ether oxygens (including phenoxy) is 1. The van der Waals surface area contributed by atoms with E-state index in [-0.39, 0.29) is 11.7 Å². The lowest BCUT2D eigenvalue weighted by atomic mass is 10.0. The maximum Gasteiger partial charge on any atom is 0.293 e. The summed E-state index contributed by atoms with van der Waals surface area (Å²) >= 11 is 6.51. The van der Waals surface area contributed by atoms with Gasteiger partial charge in [-0.1, -0.05) is 41.0 Å². The highest BCUT2D eigenvalue weighted by molar-refractivity contribution is 6.34. The van der Waals surface area contributed by atoms with Gasteiger partial charge in [-0.2, -0.15) is 5.10 Å². The van der Waals surface area contributed by atoms with Crippen molar-refractivity contribution < 1.29 is 14.1 Å². The van der Waals surface area contributed by atoms with Crippen LogP contribution < -0.4 is 4.74 Å². The van der Waals surface area contributed by atoms with Gasteiger partial charge in [-0.3, -0.25) is 9.89 Å². The first-order valence-corrected chi connectivity index (χ1v) is 9.58. The quantitative estimate of drug-likeness (QED) is 0.552. The highest BCUT2D eigenvalue weighted by Crippen LogP contribution is 2.38. The van der Waals surface area contributed by atoms with Gasteiger partial charge >= 0.3 is 0 Å². The summed E-state index contributed by atoms with van der Waals surface area (Å²) in [5.74, 6) is 0.652. The highest BCUT2D eigenvalue weighted by Gasteiger charge is 2.30. The number of carbonyl (C=O) groups excluding carboxylic acids is 1. The third-order valence-electron chi connectivity index (χ3n) is 5.24. The number of nitrogens with one attached hydrogen (secondary N) is 1. The van der Waals surface area contributed by atoms with Gasteiger partial charge in [-0.15, -0.1) is 0 Å². The Morgan fingerprint density at radius 3 is 2.97 bits per heavy atom. The second-order valence-electron chi connectivity index (χ2n) is 6.86. The van der Waals surface area contributed by atoms with Gasteiger partial charge in [-0.05, 0) is 18.2 Å². The second kappa shape index (κ2) is 6.93. The molecule has 1 amide bonds. The summed E-state index contributed by atoms with van der Waals surface area (Å²) < 4.78 is 10.7. The molecule has 1 N–H and O–H groups in total. The topological polar surface area (TPSA) is 84.2 Å². The Kier molecular flexibility index (Phi) is 4.24. The zero-order valence-electron chi connectivity index (χ0n) is 15.6. The van der Waals surface area contributed by atoms with Gasteiger partial charge in [-0.25, -0.2) is 0 Å². The smallest absolute Gasteiger partial charge is 0.293 e. The Morgan fingerprint density at radius 1 is 1.24 bits per heavy atom. The molecule has 5 rings (SSSR count). The maximum absolute atomic E-state index is 13.1. The molecule has 0 atom stereocenters. The van der Waals surface area contributed by atoms with Crippen LogP contribution in [0.3, 0.4) is 0 Å². The van der Waals surface area contributed by atoms with E-state index in [0.29, 0.717) is 41.2 Å². The van der Waals surface area contributed by atoms with Gasteiger partial charge in [0.25, 0.3) is 5.91 Å². The van der Waals surface area contributed by atoms with Crippen LogP contribution >= 0.6 is 11.6 Å². The van der Waals surface area contributed by atoms with Crippen LogP contribution in [0.2, 0.25) is 5.02 Å². The summed E-state index contributed by atoms with van der Waals surface area (Å²) in [6.07, 6.45) is 0.668. The van der Waals surface area contributed by atoms with E-state index in [4.69, 9.17) is 20.9 Å². The van der Waals surface area contributed by atoms with Crippen molar-refractivity contribution in [1.29, 1.82) is 0 Å². The number of halogens is 1. The molecule has 29 heavy (non-hydrogen) atoms. The molecule has 3 heterocycles. The third kappa shape index (κ3) is 2.86. The van der Waals surface area contributed by atoms with E-state index in [1.807, 2.05) is 36.4 Å². The first kappa shape index (κ1) is 17.8. The van der Waals surface area contributed by atoms with Gasteiger partial charge in [0.05, 0.1) is 29.8 Å². The number of hydrogen-bond acceptors (Lipinski definition) is 5. The minimum absolute atomic E-state index is 0.187. The molecule has 0 fully saturated rings. The number of methoxy groups -OCH3 is 1. The molecule has 0 spiro atoms. The molecule has 0 saturated heterocycles. The van der Waals surface area contributed by atoms with Crippen molar-refractivity contribution in [2.24, 2.45) is 0 Å². The zero-order valence-corrected chi connectivity index (χ0v) is 16.4. The number of aromatic amines is 1. The molecular formula is C21H17ClN4O3. The molecule has 1 aliphatic rings. The SMILES string of the molecule is COc1cccc(-c2n[nH]c3c2CN(C(=O)c2onc4ccccc24)CC3)c1Cl. The van der Waals surface area contributed by atoms with Crippen LogP contribution in [0, 0.1) is 0 Å². The van der Waals surface area contributed by atoms with Crippen molar-refractivity contribution in [3.8, 4) is 17.0 Å². The molecule has 2 aromatic carbocycles. The monoisotopic (exact) mass is 408 g/mol. The molecule has 1 aliphatic heterocycles. The fourth-order valence-electron chi connectivity index (χ4n) is 3.73. The average Bonchev–Trinajstić information content (AvgIpc) is 3.37. The molecule has 0 unspecified atom stereocenters. The van der Waals surface area contributed by atoms with Gasteiger partial charge in [0.1, 0.15) is 11.3 Å². The Balaban J connectivity index is 1.50. The Hall–Kier alpha value is -3.32. The number of benzene rings is 2. The molecule has 0 aliphatic carbocycles. The minimum Gasteiger partial charge on any atom is -0.495 e. The van der Waals surface area contributed by atoms with Crippen LogP contribution in [0.25, 0.3) is 22.2 Å². The van der Waals surface area contributed by atoms with Crippen molar-refractivity contribution in [3.05, 3.63) is 64.5 Å². The van der Waals surface area contributed by atoms with Gasteiger partial charge < -0.3 is 14.2 Å². The van der Waals surface area contributed by atoms with Crippen LogP contribution in [0.15, 0.2) is 47.0 Å². The van der Waals surface area contributed by atoms with Crippen LogP contribution in [-0.2, 0) is 13.0 Å². The number of nitrogens with zero attached hydrogens (tertiary/aromatic N) is 3. The third-order valence-corrected chi connectivity index (χ3v) is 5.63. The second-order valence-corrected chi connectivity index (χ2v) is 7.23. The van der Waals surface area contributed by atoms with E-state index in [2.05, 4.69) is 15.4 Å². The molecule has 0 radical (unpaired) electrons. The lowest BCUT2D eigenvalue weighted by molar-refractivity contribution is 0.0695. The number of aromatic nitrogens is 3. The van der Waals surface area contributed by atoms with Gasteiger partial charge in [0, 0.05) is 29.8 Å². The Bertz CT molecular complexity index is 1230. The average molecular weight is 409 g/mol. The van der Waals surface area contributed by atoms with Crippen molar-refractivity contribution in [2.45, 2.75) is 13.0 Å². The van der Waals surface area contributed by atoms with Gasteiger partial charge in [0.15, 0.2) is 0 Å². The summed E-state index contributed by atoms with van der Waals surface area (Å²) in [4.78, 5) is 14.9. The van der Waals surface area contributed by atoms with E-state index < -0.39 is 0 Å². The molecule has 0 saturated carbocycles. The Morgan fingerprint density at radius 2 is 2.10 bits per heavy atom. The first-order chi connectivity index (χ1) is 14.2. The summed E-state index contributed by atoms with van der Waals surface area (Å²) in [5, 5.41) is 12.8. The number of hydrogen-bond donors (Lipinski definition) is 1. The predicted octanol–water partition coefficient (Wildman–Crippen LogP) is 4.08.